The number of methoxy groups -OCH3 is 1. The lowest BCUT2D eigenvalue weighted by Gasteiger charge is -2.27. The Morgan fingerprint density at radius 2 is 1.20 bits per heavy atom. The van der Waals surface area contributed by atoms with E-state index in [1.807, 2.05) is 67.6 Å². The van der Waals surface area contributed by atoms with E-state index in [4.69, 9.17) is 4.74 Å². The minimum atomic E-state index is -0.890. The summed E-state index contributed by atoms with van der Waals surface area (Å²) in [6.45, 7) is 3.71. The zero-order valence-corrected chi connectivity index (χ0v) is 22.1. The number of carboxylic acids is 1. The highest BCUT2D eigenvalue weighted by atomic mass is 32.2. The number of unbranched alkanes of at least 4 members (excludes halogenated alkanes) is 4. The number of benzene rings is 2. The predicted molar refractivity (Wildman–Crippen MR) is 142 cm³/mol. The van der Waals surface area contributed by atoms with E-state index in [0.29, 0.717) is 24.3 Å². The number of esters is 1. The molecule has 0 radical (unpaired) electrons. The average molecular weight is 501 g/mol. The van der Waals surface area contributed by atoms with Gasteiger partial charge in [0.15, 0.2) is 0 Å². The minimum absolute atomic E-state index is 0.224. The van der Waals surface area contributed by atoms with Gasteiger partial charge in [0, 0.05) is 0 Å². The lowest BCUT2D eigenvalue weighted by atomic mass is 9.78. The van der Waals surface area contributed by atoms with Crippen LogP contribution in [0.5, 0.6) is 0 Å². The highest BCUT2D eigenvalue weighted by Gasteiger charge is 2.36. The van der Waals surface area contributed by atoms with Gasteiger partial charge < -0.3 is 14.4 Å². The number of aliphatic carboxylic acids is 1. The van der Waals surface area contributed by atoms with E-state index in [9.17, 15) is 19.2 Å². The maximum absolute atomic E-state index is 12.5. The largest absolute Gasteiger partial charge is 0.616 e. The molecule has 0 aromatic heterocycles. The first-order valence-corrected chi connectivity index (χ1v) is 14.0. The monoisotopic (exact) mass is 500 g/mol. The molecule has 2 aromatic rings. The quantitative estimate of drug-likeness (QED) is 0.173. The SMILES string of the molecule is COC(=O)C(C)(CCCCC[S+]([O-])CCCCCC(C)(C(=O)O)c1ccccc1)c1ccccc1. The Morgan fingerprint density at radius 3 is 1.63 bits per heavy atom. The molecule has 192 valence electrons. The van der Waals surface area contributed by atoms with Crippen molar-refractivity contribution in [2.75, 3.05) is 18.6 Å². The summed E-state index contributed by atoms with van der Waals surface area (Å²) >= 11 is -0.868. The number of rotatable bonds is 16. The Hall–Kier alpha value is -2.31. The van der Waals surface area contributed by atoms with Crippen LogP contribution in [0.4, 0.5) is 0 Å². The fourth-order valence-corrected chi connectivity index (χ4v) is 5.77. The van der Waals surface area contributed by atoms with Gasteiger partial charge in [-0.2, -0.15) is 0 Å². The second-order valence-corrected chi connectivity index (χ2v) is 11.4. The Bertz CT molecular complexity index is 904. The van der Waals surface area contributed by atoms with Gasteiger partial charge in [0.25, 0.3) is 0 Å². The maximum atomic E-state index is 12.5. The molecular weight excluding hydrogens is 460 g/mol. The van der Waals surface area contributed by atoms with Crippen LogP contribution < -0.4 is 0 Å². The zero-order valence-electron chi connectivity index (χ0n) is 21.3. The van der Waals surface area contributed by atoms with E-state index in [0.717, 1.165) is 49.7 Å². The molecule has 2 aromatic carbocycles. The van der Waals surface area contributed by atoms with E-state index >= 15 is 0 Å². The number of hydrogen-bond donors (Lipinski definition) is 1. The molecule has 0 fully saturated rings. The number of ether oxygens (including phenoxy) is 1. The van der Waals surface area contributed by atoms with E-state index in [1.165, 1.54) is 7.11 Å². The van der Waals surface area contributed by atoms with Crippen LogP contribution in [0.25, 0.3) is 0 Å². The normalized spacial score (nSPS) is 15.5. The molecule has 0 aliphatic heterocycles. The van der Waals surface area contributed by atoms with Crippen LogP contribution in [-0.4, -0.2) is 40.2 Å². The third kappa shape index (κ3) is 8.39. The number of carbonyl (C=O) groups is 2. The summed E-state index contributed by atoms with van der Waals surface area (Å²) in [6, 6.07) is 19.1. The van der Waals surface area contributed by atoms with Crippen LogP contribution in [0.15, 0.2) is 60.7 Å². The molecular formula is C29H40O5S. The van der Waals surface area contributed by atoms with Crippen molar-refractivity contribution >= 4 is 23.1 Å². The summed E-state index contributed by atoms with van der Waals surface area (Å²) in [5.74, 6) is 0.289. The van der Waals surface area contributed by atoms with Gasteiger partial charge in [-0.1, -0.05) is 84.7 Å². The Kier molecular flexibility index (Phi) is 11.8. The molecule has 3 unspecified atom stereocenters. The fraction of sp³-hybridized carbons (Fsp3) is 0.517. The summed E-state index contributed by atoms with van der Waals surface area (Å²) < 4.78 is 17.5. The Morgan fingerprint density at radius 1 is 0.771 bits per heavy atom. The summed E-state index contributed by atoms with van der Waals surface area (Å²) in [7, 11) is 1.43. The van der Waals surface area contributed by atoms with E-state index in [-0.39, 0.29) is 5.97 Å². The lowest BCUT2D eigenvalue weighted by Crippen LogP contribution is -2.33. The van der Waals surface area contributed by atoms with Crippen LogP contribution in [-0.2, 0) is 36.3 Å². The van der Waals surface area contributed by atoms with Gasteiger partial charge in [-0.05, 0) is 63.5 Å². The van der Waals surface area contributed by atoms with E-state index < -0.39 is 28.0 Å². The molecule has 0 aliphatic rings. The second-order valence-electron chi connectivity index (χ2n) is 9.66. The van der Waals surface area contributed by atoms with Crippen LogP contribution in [0.3, 0.4) is 0 Å². The summed E-state index contributed by atoms with van der Waals surface area (Å²) in [4.78, 5) is 24.3. The average Bonchev–Trinajstić information content (AvgIpc) is 2.88. The smallest absolute Gasteiger partial charge is 0.315 e. The zero-order chi connectivity index (χ0) is 25.7. The van der Waals surface area contributed by atoms with Gasteiger partial charge in [-0.25, -0.2) is 0 Å². The number of carbonyl (C=O) groups excluding carboxylic acids is 1. The molecule has 0 bridgehead atoms. The molecule has 5 nitrogen and oxygen atoms in total. The number of carboxylic acid groups (broad SMARTS) is 1. The summed E-state index contributed by atoms with van der Waals surface area (Å²) in [5, 5.41) is 9.76. The van der Waals surface area contributed by atoms with Gasteiger partial charge >= 0.3 is 11.9 Å². The van der Waals surface area contributed by atoms with Crippen molar-refractivity contribution in [3.8, 4) is 0 Å². The van der Waals surface area contributed by atoms with Gasteiger partial charge in [0.1, 0.15) is 11.5 Å². The molecule has 0 heterocycles. The molecule has 6 heteroatoms. The maximum Gasteiger partial charge on any atom is 0.315 e. The molecule has 3 atom stereocenters. The van der Waals surface area contributed by atoms with Crippen molar-refractivity contribution in [1.82, 2.24) is 0 Å². The molecule has 35 heavy (non-hydrogen) atoms. The third-order valence-electron chi connectivity index (χ3n) is 7.03. The van der Waals surface area contributed by atoms with Gasteiger partial charge in [-0.15, -0.1) is 0 Å². The molecule has 0 aliphatic carbocycles. The van der Waals surface area contributed by atoms with Gasteiger partial charge in [-0.3, -0.25) is 9.59 Å². The highest BCUT2D eigenvalue weighted by Crippen LogP contribution is 2.32. The molecule has 1 N–H and O–H groups in total. The van der Waals surface area contributed by atoms with Crippen LogP contribution in [0.1, 0.15) is 76.3 Å². The van der Waals surface area contributed by atoms with Crippen molar-refractivity contribution < 1.29 is 24.0 Å². The molecule has 0 spiro atoms. The van der Waals surface area contributed by atoms with Crippen molar-refractivity contribution in [1.29, 1.82) is 0 Å². The fourth-order valence-electron chi connectivity index (χ4n) is 4.52. The molecule has 0 amide bonds. The first-order valence-electron chi connectivity index (χ1n) is 12.5. The Labute approximate surface area is 213 Å². The van der Waals surface area contributed by atoms with Gasteiger partial charge in [0.2, 0.25) is 0 Å². The minimum Gasteiger partial charge on any atom is -0.616 e. The van der Waals surface area contributed by atoms with E-state index in [1.54, 1.807) is 6.92 Å². The summed E-state index contributed by atoms with van der Waals surface area (Å²) in [6.07, 6.45) is 6.41. The van der Waals surface area contributed by atoms with Crippen molar-refractivity contribution in [2.24, 2.45) is 0 Å². The van der Waals surface area contributed by atoms with Gasteiger partial charge in [0.05, 0.1) is 17.9 Å². The third-order valence-corrected chi connectivity index (χ3v) is 8.52. The van der Waals surface area contributed by atoms with Crippen LogP contribution in [0.2, 0.25) is 0 Å². The lowest BCUT2D eigenvalue weighted by molar-refractivity contribution is -0.147. The van der Waals surface area contributed by atoms with Crippen LogP contribution in [0, 0.1) is 0 Å². The number of hydrogen-bond acceptors (Lipinski definition) is 4. The van der Waals surface area contributed by atoms with Crippen LogP contribution >= 0.6 is 0 Å². The Balaban J connectivity index is 1.66. The van der Waals surface area contributed by atoms with Crippen molar-refractivity contribution in [3.63, 3.8) is 0 Å². The van der Waals surface area contributed by atoms with E-state index in [2.05, 4.69) is 0 Å². The first-order chi connectivity index (χ1) is 16.7. The second kappa shape index (κ2) is 14.3. The van der Waals surface area contributed by atoms with Crippen molar-refractivity contribution in [3.05, 3.63) is 71.8 Å². The highest BCUT2D eigenvalue weighted by molar-refractivity contribution is 7.91. The van der Waals surface area contributed by atoms with Crippen molar-refractivity contribution in [2.45, 2.75) is 76.0 Å². The standard InChI is InChI=1S/C29H40O5S/c1-28(26(30)31,24-16-8-4-9-17-24)20-12-6-14-22-35(33)23-15-7-13-21-29(2,27(32)34-3)25-18-10-5-11-19-25/h4-5,8-11,16-19H,6-7,12-15,20-23H2,1-3H3,(H,30,31). The predicted octanol–water partition coefficient (Wildman–Crippen LogP) is 6.03. The molecule has 0 saturated heterocycles. The topological polar surface area (TPSA) is 86.7 Å². The first kappa shape index (κ1) is 28.9. The molecule has 2 rings (SSSR count). The summed E-state index contributed by atoms with van der Waals surface area (Å²) in [5.41, 5.74) is 0.228. The molecule has 0 saturated carbocycles.